The fourth-order valence-corrected chi connectivity index (χ4v) is 2.29. The fourth-order valence-electron chi connectivity index (χ4n) is 2.29. The number of benzene rings is 1. The van der Waals surface area contributed by atoms with Crippen LogP contribution in [0.15, 0.2) is 30.3 Å². The molecule has 1 aromatic carbocycles. The van der Waals surface area contributed by atoms with Crippen LogP contribution in [0, 0.1) is 13.8 Å². The van der Waals surface area contributed by atoms with Crippen molar-refractivity contribution in [2.75, 3.05) is 11.9 Å². The lowest BCUT2D eigenvalue weighted by atomic mass is 10.1. The summed E-state index contributed by atoms with van der Waals surface area (Å²) in [5, 5.41) is 2.91. The van der Waals surface area contributed by atoms with Crippen LogP contribution in [-0.2, 0) is 18.3 Å². The lowest BCUT2D eigenvalue weighted by Crippen LogP contribution is -2.14. The number of carbonyl (C=O) groups is 1. The van der Waals surface area contributed by atoms with Crippen molar-refractivity contribution in [3.8, 4) is 5.75 Å². The second-order valence-electron chi connectivity index (χ2n) is 5.14. The molecule has 0 saturated carbocycles. The highest BCUT2D eigenvalue weighted by atomic mass is 16.5. The van der Waals surface area contributed by atoms with E-state index in [0.29, 0.717) is 13.0 Å². The molecule has 4 heteroatoms. The number of ether oxygens (including phenoxy) is 1. The Hall–Kier alpha value is -2.23. The van der Waals surface area contributed by atoms with Crippen molar-refractivity contribution >= 4 is 11.6 Å². The standard InChI is InChI=1S/C17H22N2O2/c1-5-21-16-8-6-15(7-9-16)18-17(20)11-14-10-12(2)19(4)13(14)3/h6-10H,5,11H2,1-4H3,(H,18,20). The van der Waals surface area contributed by atoms with Gasteiger partial charge in [0, 0.05) is 24.1 Å². The number of hydrogen-bond acceptors (Lipinski definition) is 2. The van der Waals surface area contributed by atoms with E-state index in [1.165, 1.54) is 0 Å². The van der Waals surface area contributed by atoms with E-state index in [2.05, 4.69) is 16.0 Å². The number of anilines is 1. The van der Waals surface area contributed by atoms with Crippen LogP contribution in [0.4, 0.5) is 5.69 Å². The number of amides is 1. The summed E-state index contributed by atoms with van der Waals surface area (Å²) in [6.45, 7) is 6.66. The van der Waals surface area contributed by atoms with Crippen molar-refractivity contribution in [1.29, 1.82) is 0 Å². The van der Waals surface area contributed by atoms with E-state index in [1.54, 1.807) is 0 Å². The third-order valence-corrected chi connectivity index (χ3v) is 3.68. The highest BCUT2D eigenvalue weighted by Crippen LogP contribution is 2.17. The number of aromatic nitrogens is 1. The largest absolute Gasteiger partial charge is 0.494 e. The quantitative estimate of drug-likeness (QED) is 0.917. The zero-order valence-corrected chi connectivity index (χ0v) is 13.1. The molecule has 0 radical (unpaired) electrons. The van der Waals surface area contributed by atoms with Crippen LogP contribution in [0.3, 0.4) is 0 Å². The number of rotatable bonds is 5. The Morgan fingerprint density at radius 1 is 1.24 bits per heavy atom. The lowest BCUT2D eigenvalue weighted by molar-refractivity contribution is -0.115. The molecule has 0 saturated heterocycles. The maximum absolute atomic E-state index is 12.1. The van der Waals surface area contributed by atoms with E-state index >= 15 is 0 Å². The van der Waals surface area contributed by atoms with Gasteiger partial charge in [0.2, 0.25) is 5.91 Å². The van der Waals surface area contributed by atoms with Crippen LogP contribution < -0.4 is 10.1 Å². The van der Waals surface area contributed by atoms with Crippen molar-refractivity contribution in [1.82, 2.24) is 4.57 Å². The first-order valence-electron chi connectivity index (χ1n) is 7.15. The van der Waals surface area contributed by atoms with Gasteiger partial charge in [-0.2, -0.15) is 0 Å². The zero-order valence-electron chi connectivity index (χ0n) is 13.1. The molecule has 0 spiro atoms. The molecule has 2 aromatic rings. The Balaban J connectivity index is 1.99. The van der Waals surface area contributed by atoms with E-state index in [1.807, 2.05) is 52.1 Å². The summed E-state index contributed by atoms with van der Waals surface area (Å²) in [4.78, 5) is 12.1. The van der Waals surface area contributed by atoms with Gasteiger partial charge in [-0.05, 0) is 56.7 Å². The minimum absolute atomic E-state index is 0.00661. The SMILES string of the molecule is CCOc1ccc(NC(=O)Cc2cc(C)n(C)c2C)cc1. The number of nitrogens with zero attached hydrogens (tertiary/aromatic N) is 1. The van der Waals surface area contributed by atoms with Crippen molar-refractivity contribution in [2.45, 2.75) is 27.2 Å². The highest BCUT2D eigenvalue weighted by molar-refractivity contribution is 5.92. The van der Waals surface area contributed by atoms with Gasteiger partial charge in [0.1, 0.15) is 5.75 Å². The molecule has 0 fully saturated rings. The maximum Gasteiger partial charge on any atom is 0.228 e. The van der Waals surface area contributed by atoms with Crippen LogP contribution >= 0.6 is 0 Å². The van der Waals surface area contributed by atoms with Gasteiger partial charge in [-0.25, -0.2) is 0 Å². The molecular formula is C17H22N2O2. The number of hydrogen-bond donors (Lipinski definition) is 1. The fraction of sp³-hybridized carbons (Fsp3) is 0.353. The average Bonchev–Trinajstić information content (AvgIpc) is 2.69. The van der Waals surface area contributed by atoms with Crippen LogP contribution in [0.2, 0.25) is 0 Å². The van der Waals surface area contributed by atoms with E-state index in [4.69, 9.17) is 4.74 Å². The Morgan fingerprint density at radius 2 is 1.90 bits per heavy atom. The van der Waals surface area contributed by atoms with Crippen LogP contribution in [-0.4, -0.2) is 17.1 Å². The molecule has 1 aromatic heterocycles. The van der Waals surface area contributed by atoms with Crippen molar-refractivity contribution in [3.63, 3.8) is 0 Å². The van der Waals surface area contributed by atoms with Gasteiger partial charge >= 0.3 is 0 Å². The molecule has 112 valence electrons. The molecule has 0 atom stereocenters. The lowest BCUT2D eigenvalue weighted by Gasteiger charge is -2.07. The van der Waals surface area contributed by atoms with Crippen LogP contribution in [0.1, 0.15) is 23.9 Å². The average molecular weight is 286 g/mol. The highest BCUT2D eigenvalue weighted by Gasteiger charge is 2.10. The first-order valence-corrected chi connectivity index (χ1v) is 7.15. The third kappa shape index (κ3) is 3.66. The van der Waals surface area contributed by atoms with Gasteiger partial charge in [0.05, 0.1) is 13.0 Å². The van der Waals surface area contributed by atoms with Crippen LogP contribution in [0.5, 0.6) is 5.75 Å². The van der Waals surface area contributed by atoms with Gasteiger partial charge in [-0.3, -0.25) is 4.79 Å². The molecule has 0 aliphatic rings. The van der Waals surface area contributed by atoms with E-state index in [9.17, 15) is 4.79 Å². The molecule has 21 heavy (non-hydrogen) atoms. The number of carbonyl (C=O) groups excluding carboxylic acids is 1. The number of nitrogens with one attached hydrogen (secondary N) is 1. The van der Waals surface area contributed by atoms with Gasteiger partial charge < -0.3 is 14.6 Å². The smallest absolute Gasteiger partial charge is 0.228 e. The van der Waals surface area contributed by atoms with Gasteiger partial charge in [-0.15, -0.1) is 0 Å². The monoisotopic (exact) mass is 286 g/mol. The summed E-state index contributed by atoms with van der Waals surface area (Å²) in [5.41, 5.74) is 4.15. The van der Waals surface area contributed by atoms with E-state index in [0.717, 1.165) is 28.4 Å². The molecule has 1 heterocycles. The second kappa shape index (κ2) is 6.48. The maximum atomic E-state index is 12.1. The van der Waals surface area contributed by atoms with Crippen molar-refractivity contribution < 1.29 is 9.53 Å². The van der Waals surface area contributed by atoms with Crippen LogP contribution in [0.25, 0.3) is 0 Å². The zero-order chi connectivity index (χ0) is 15.4. The molecule has 2 rings (SSSR count). The Bertz CT molecular complexity index is 627. The van der Waals surface area contributed by atoms with E-state index in [-0.39, 0.29) is 5.91 Å². The van der Waals surface area contributed by atoms with E-state index < -0.39 is 0 Å². The van der Waals surface area contributed by atoms with Gasteiger partial charge in [-0.1, -0.05) is 0 Å². The number of aryl methyl sites for hydroxylation is 1. The van der Waals surface area contributed by atoms with Crippen molar-refractivity contribution in [2.24, 2.45) is 7.05 Å². The summed E-state index contributed by atoms with van der Waals surface area (Å²) < 4.78 is 7.47. The first-order chi connectivity index (χ1) is 10.0. The molecule has 4 nitrogen and oxygen atoms in total. The Labute approximate surface area is 125 Å². The molecule has 0 bridgehead atoms. The summed E-state index contributed by atoms with van der Waals surface area (Å²) in [7, 11) is 2.01. The van der Waals surface area contributed by atoms with Crippen molar-refractivity contribution in [3.05, 3.63) is 47.3 Å². The normalized spacial score (nSPS) is 10.5. The second-order valence-corrected chi connectivity index (χ2v) is 5.14. The predicted molar refractivity (Wildman–Crippen MR) is 84.8 cm³/mol. The minimum atomic E-state index is -0.00661. The first kappa shape index (κ1) is 15.2. The minimum Gasteiger partial charge on any atom is -0.494 e. The molecule has 0 aliphatic carbocycles. The Kier molecular flexibility index (Phi) is 4.68. The molecule has 1 N–H and O–H groups in total. The Morgan fingerprint density at radius 3 is 2.43 bits per heavy atom. The summed E-state index contributed by atoms with van der Waals surface area (Å²) >= 11 is 0. The summed E-state index contributed by atoms with van der Waals surface area (Å²) in [6.07, 6.45) is 0.390. The molecule has 0 unspecified atom stereocenters. The predicted octanol–water partition coefficient (Wildman–Crippen LogP) is 3.22. The molecule has 0 aliphatic heterocycles. The molecular weight excluding hydrogens is 264 g/mol. The topological polar surface area (TPSA) is 43.3 Å². The summed E-state index contributed by atoms with van der Waals surface area (Å²) in [6, 6.07) is 9.49. The molecule has 1 amide bonds. The van der Waals surface area contributed by atoms with Gasteiger partial charge in [0.15, 0.2) is 0 Å². The van der Waals surface area contributed by atoms with Gasteiger partial charge in [0.25, 0.3) is 0 Å². The third-order valence-electron chi connectivity index (χ3n) is 3.68. The summed E-state index contributed by atoms with van der Waals surface area (Å²) in [5.74, 6) is 0.804.